The predicted molar refractivity (Wildman–Crippen MR) is 72.8 cm³/mol. The highest BCUT2D eigenvalue weighted by molar-refractivity contribution is 5.85. The minimum Gasteiger partial charge on any atom is -0.496 e. The van der Waals surface area contributed by atoms with Crippen LogP contribution in [0, 0.1) is 6.92 Å². The number of aryl methyl sites for hydroxylation is 1. The number of likely N-dealkylation sites (tertiary alicyclic amines) is 1. The van der Waals surface area contributed by atoms with Gasteiger partial charge in [0.2, 0.25) is 0 Å². The molecule has 1 fully saturated rings. The smallest absolute Gasteiger partial charge is 0.121 e. The first-order valence-corrected chi connectivity index (χ1v) is 5.80. The van der Waals surface area contributed by atoms with Gasteiger partial charge < -0.3 is 10.5 Å². The molecule has 0 aromatic heterocycles. The van der Waals surface area contributed by atoms with E-state index in [9.17, 15) is 0 Å². The maximum atomic E-state index is 5.89. The van der Waals surface area contributed by atoms with E-state index in [2.05, 4.69) is 24.0 Å². The molecule has 0 amide bonds. The predicted octanol–water partition coefficient (Wildman–Crippen LogP) is 1.96. The quantitative estimate of drug-likeness (QED) is 0.899. The topological polar surface area (TPSA) is 38.5 Å². The second-order valence-corrected chi connectivity index (χ2v) is 4.59. The molecule has 96 valence electrons. The fourth-order valence-corrected chi connectivity index (χ4v) is 2.30. The van der Waals surface area contributed by atoms with Crippen molar-refractivity contribution in [3.63, 3.8) is 0 Å². The molecule has 1 unspecified atom stereocenters. The summed E-state index contributed by atoms with van der Waals surface area (Å²) in [6.07, 6.45) is 1.12. The average molecular weight is 257 g/mol. The van der Waals surface area contributed by atoms with Gasteiger partial charge >= 0.3 is 0 Å². The summed E-state index contributed by atoms with van der Waals surface area (Å²) in [6.45, 7) is 5.22. The zero-order valence-corrected chi connectivity index (χ0v) is 11.3. The van der Waals surface area contributed by atoms with Crippen LogP contribution in [0.2, 0.25) is 0 Å². The van der Waals surface area contributed by atoms with Gasteiger partial charge in [0.05, 0.1) is 7.11 Å². The van der Waals surface area contributed by atoms with E-state index in [-0.39, 0.29) is 12.4 Å². The molecular weight excluding hydrogens is 236 g/mol. The van der Waals surface area contributed by atoms with Gasteiger partial charge in [-0.05, 0) is 30.5 Å². The lowest BCUT2D eigenvalue weighted by atomic mass is 10.1. The van der Waals surface area contributed by atoms with E-state index in [0.717, 1.165) is 31.8 Å². The zero-order chi connectivity index (χ0) is 11.5. The third-order valence-electron chi connectivity index (χ3n) is 3.17. The number of rotatable bonds is 3. The molecule has 1 aliphatic rings. The highest BCUT2D eigenvalue weighted by atomic mass is 35.5. The van der Waals surface area contributed by atoms with Gasteiger partial charge in [-0.2, -0.15) is 0 Å². The Morgan fingerprint density at radius 3 is 2.76 bits per heavy atom. The van der Waals surface area contributed by atoms with Gasteiger partial charge in [-0.15, -0.1) is 12.4 Å². The molecule has 0 radical (unpaired) electrons. The molecule has 1 aromatic rings. The maximum Gasteiger partial charge on any atom is 0.121 e. The van der Waals surface area contributed by atoms with E-state index >= 15 is 0 Å². The Balaban J connectivity index is 0.00000144. The first kappa shape index (κ1) is 14.3. The van der Waals surface area contributed by atoms with Crippen molar-refractivity contribution in [2.24, 2.45) is 5.73 Å². The number of ether oxygens (including phenoxy) is 1. The van der Waals surface area contributed by atoms with Crippen molar-refractivity contribution in [2.45, 2.75) is 25.9 Å². The number of hydrogen-bond acceptors (Lipinski definition) is 3. The van der Waals surface area contributed by atoms with Crippen LogP contribution in [0.15, 0.2) is 18.2 Å². The van der Waals surface area contributed by atoms with Crippen LogP contribution in [0.4, 0.5) is 0 Å². The summed E-state index contributed by atoms with van der Waals surface area (Å²) in [7, 11) is 1.71. The fraction of sp³-hybridized carbons (Fsp3) is 0.538. The van der Waals surface area contributed by atoms with Crippen molar-refractivity contribution in [1.29, 1.82) is 0 Å². The highest BCUT2D eigenvalue weighted by Crippen LogP contribution is 2.20. The van der Waals surface area contributed by atoms with Gasteiger partial charge in [-0.25, -0.2) is 0 Å². The monoisotopic (exact) mass is 256 g/mol. The van der Waals surface area contributed by atoms with E-state index in [1.165, 1.54) is 11.1 Å². The highest BCUT2D eigenvalue weighted by Gasteiger charge is 2.18. The number of nitrogens with zero attached hydrogens (tertiary/aromatic N) is 1. The standard InChI is InChI=1S/C13H20N2O.ClH/c1-10-7-11(3-4-13(10)16-2)8-15-6-5-12(14)9-15;/h3-4,7,12H,5-6,8-9,14H2,1-2H3;1H. The minimum absolute atomic E-state index is 0. The van der Waals surface area contributed by atoms with Gasteiger partial charge in [0, 0.05) is 25.7 Å². The lowest BCUT2D eigenvalue weighted by Gasteiger charge is -2.16. The molecule has 0 spiro atoms. The first-order valence-electron chi connectivity index (χ1n) is 5.80. The second-order valence-electron chi connectivity index (χ2n) is 4.59. The summed E-state index contributed by atoms with van der Waals surface area (Å²) in [4.78, 5) is 2.41. The van der Waals surface area contributed by atoms with Gasteiger partial charge in [0.15, 0.2) is 0 Å². The van der Waals surface area contributed by atoms with Crippen molar-refractivity contribution >= 4 is 12.4 Å². The summed E-state index contributed by atoms with van der Waals surface area (Å²) in [5, 5.41) is 0. The molecule has 0 bridgehead atoms. The summed E-state index contributed by atoms with van der Waals surface area (Å²) >= 11 is 0. The van der Waals surface area contributed by atoms with Gasteiger partial charge in [-0.1, -0.05) is 12.1 Å². The number of nitrogens with two attached hydrogens (primary N) is 1. The summed E-state index contributed by atoms with van der Waals surface area (Å²) in [5.41, 5.74) is 8.43. The first-order chi connectivity index (χ1) is 7.69. The fourth-order valence-electron chi connectivity index (χ4n) is 2.30. The molecule has 2 N–H and O–H groups in total. The SMILES string of the molecule is COc1ccc(CN2CCC(N)C2)cc1C.Cl. The van der Waals surface area contributed by atoms with E-state index in [4.69, 9.17) is 10.5 Å². The summed E-state index contributed by atoms with van der Waals surface area (Å²) in [5.74, 6) is 0.960. The molecule has 2 rings (SSSR count). The van der Waals surface area contributed by atoms with Crippen molar-refractivity contribution in [3.05, 3.63) is 29.3 Å². The van der Waals surface area contributed by atoms with Crippen molar-refractivity contribution in [3.8, 4) is 5.75 Å². The van der Waals surface area contributed by atoms with E-state index in [1.54, 1.807) is 7.11 Å². The van der Waals surface area contributed by atoms with Crippen LogP contribution in [-0.2, 0) is 6.54 Å². The van der Waals surface area contributed by atoms with Gasteiger partial charge in [0.25, 0.3) is 0 Å². The Bertz CT molecular complexity index is 370. The number of benzene rings is 1. The van der Waals surface area contributed by atoms with E-state index in [0.29, 0.717) is 6.04 Å². The number of methoxy groups -OCH3 is 1. The molecule has 1 aliphatic heterocycles. The van der Waals surface area contributed by atoms with Crippen LogP contribution in [-0.4, -0.2) is 31.1 Å². The molecule has 4 heteroatoms. The third-order valence-corrected chi connectivity index (χ3v) is 3.17. The molecule has 0 aliphatic carbocycles. The molecule has 1 saturated heterocycles. The largest absolute Gasteiger partial charge is 0.496 e. The normalized spacial score (nSPS) is 20.1. The Labute approximate surface area is 109 Å². The summed E-state index contributed by atoms with van der Waals surface area (Å²) < 4.78 is 5.25. The Hall–Kier alpha value is -0.770. The Morgan fingerprint density at radius 1 is 1.47 bits per heavy atom. The third kappa shape index (κ3) is 3.60. The molecule has 1 aromatic carbocycles. The lowest BCUT2D eigenvalue weighted by molar-refractivity contribution is 0.326. The van der Waals surface area contributed by atoms with Crippen LogP contribution in [0.5, 0.6) is 5.75 Å². The van der Waals surface area contributed by atoms with Crippen molar-refractivity contribution in [2.75, 3.05) is 20.2 Å². The number of halogens is 1. The lowest BCUT2D eigenvalue weighted by Crippen LogP contribution is -2.26. The average Bonchev–Trinajstić information content (AvgIpc) is 2.64. The Kier molecular flexibility index (Phi) is 5.25. The molecule has 1 heterocycles. The number of hydrogen-bond donors (Lipinski definition) is 1. The van der Waals surface area contributed by atoms with Crippen LogP contribution < -0.4 is 10.5 Å². The second kappa shape index (κ2) is 6.24. The summed E-state index contributed by atoms with van der Waals surface area (Å²) in [6, 6.07) is 6.73. The van der Waals surface area contributed by atoms with Crippen LogP contribution >= 0.6 is 12.4 Å². The van der Waals surface area contributed by atoms with Crippen LogP contribution in [0.3, 0.4) is 0 Å². The zero-order valence-electron chi connectivity index (χ0n) is 10.5. The molecular formula is C13H21ClN2O. The van der Waals surface area contributed by atoms with Gasteiger partial charge in [0.1, 0.15) is 5.75 Å². The Morgan fingerprint density at radius 2 is 2.24 bits per heavy atom. The van der Waals surface area contributed by atoms with E-state index in [1.807, 2.05) is 6.07 Å². The molecule has 0 saturated carbocycles. The molecule has 3 nitrogen and oxygen atoms in total. The minimum atomic E-state index is 0. The van der Waals surface area contributed by atoms with Gasteiger partial charge in [-0.3, -0.25) is 4.90 Å². The van der Waals surface area contributed by atoms with Crippen molar-refractivity contribution in [1.82, 2.24) is 4.90 Å². The molecule has 1 atom stereocenters. The van der Waals surface area contributed by atoms with Crippen LogP contribution in [0.25, 0.3) is 0 Å². The van der Waals surface area contributed by atoms with Crippen molar-refractivity contribution < 1.29 is 4.74 Å². The van der Waals surface area contributed by atoms with Crippen LogP contribution in [0.1, 0.15) is 17.5 Å². The molecule has 17 heavy (non-hydrogen) atoms. The van der Waals surface area contributed by atoms with E-state index < -0.39 is 0 Å². The maximum absolute atomic E-state index is 5.89.